The summed E-state index contributed by atoms with van der Waals surface area (Å²) in [6, 6.07) is 0. The lowest BCUT2D eigenvalue weighted by atomic mass is 10.0. The van der Waals surface area contributed by atoms with Crippen molar-refractivity contribution in [2.75, 3.05) is 13.2 Å². The lowest BCUT2D eigenvalue weighted by Crippen LogP contribution is -2.30. The van der Waals surface area contributed by atoms with E-state index in [1.54, 1.807) is 0 Å². The van der Waals surface area contributed by atoms with Gasteiger partial charge in [0, 0.05) is 19.3 Å². The Morgan fingerprint density at radius 3 is 0.625 bits per heavy atom. The van der Waals surface area contributed by atoms with Crippen LogP contribution >= 0.6 is 0 Å². The van der Waals surface area contributed by atoms with Gasteiger partial charge in [-0.1, -0.05) is 297 Å². The molecule has 0 aliphatic carbocycles. The molecule has 0 rings (SSSR count). The van der Waals surface area contributed by atoms with Gasteiger partial charge in [0.2, 0.25) is 0 Å². The highest BCUT2D eigenvalue weighted by molar-refractivity contribution is 5.71. The minimum Gasteiger partial charge on any atom is -0.462 e. The fourth-order valence-corrected chi connectivity index (χ4v) is 8.98. The zero-order chi connectivity index (χ0) is 46.5. The normalized spacial score (nSPS) is 11.9. The molecule has 0 spiro atoms. The van der Waals surface area contributed by atoms with Gasteiger partial charge in [-0.05, 0) is 19.3 Å². The van der Waals surface area contributed by atoms with Gasteiger partial charge in [-0.15, -0.1) is 0 Å². The minimum absolute atomic E-state index is 0.0611. The number of hydrogen-bond acceptors (Lipinski definition) is 6. The average Bonchev–Trinajstić information content (AvgIpc) is 3.29. The van der Waals surface area contributed by atoms with Crippen LogP contribution in [0.1, 0.15) is 335 Å². The van der Waals surface area contributed by atoms with Gasteiger partial charge in [0.1, 0.15) is 13.2 Å². The lowest BCUT2D eigenvalue weighted by molar-refractivity contribution is -0.167. The zero-order valence-electron chi connectivity index (χ0n) is 43.6. The predicted molar refractivity (Wildman–Crippen MR) is 275 cm³/mol. The van der Waals surface area contributed by atoms with E-state index >= 15 is 0 Å². The molecule has 0 saturated heterocycles. The molecule has 0 aliphatic heterocycles. The fourth-order valence-electron chi connectivity index (χ4n) is 8.98. The summed E-state index contributed by atoms with van der Waals surface area (Å²) in [6.07, 6.45) is 59.5. The number of esters is 3. The maximum absolute atomic E-state index is 12.8. The van der Waals surface area contributed by atoms with E-state index in [-0.39, 0.29) is 31.1 Å². The van der Waals surface area contributed by atoms with Crippen LogP contribution in [0, 0.1) is 0 Å². The van der Waals surface area contributed by atoms with E-state index in [2.05, 4.69) is 20.8 Å². The third kappa shape index (κ3) is 51.4. The van der Waals surface area contributed by atoms with E-state index in [9.17, 15) is 14.4 Å². The summed E-state index contributed by atoms with van der Waals surface area (Å²) in [6.45, 7) is 6.70. The van der Waals surface area contributed by atoms with Crippen molar-refractivity contribution < 1.29 is 28.6 Å². The second-order valence-electron chi connectivity index (χ2n) is 19.9. The first-order chi connectivity index (χ1) is 31.5. The number of hydrogen-bond donors (Lipinski definition) is 0. The van der Waals surface area contributed by atoms with Crippen molar-refractivity contribution in [3.05, 3.63) is 0 Å². The van der Waals surface area contributed by atoms with E-state index in [1.807, 2.05) is 0 Å². The molecule has 6 nitrogen and oxygen atoms in total. The Labute approximate surface area is 399 Å². The van der Waals surface area contributed by atoms with Gasteiger partial charge in [0.25, 0.3) is 0 Å². The van der Waals surface area contributed by atoms with Crippen molar-refractivity contribution in [1.82, 2.24) is 0 Å². The standard InChI is InChI=1S/C58H112O6/c1-4-7-10-13-16-19-22-25-27-28-29-30-32-34-37-40-43-46-49-52-58(61)64-55(53-62-56(59)50-47-44-41-38-35-24-21-18-15-12-9-6-3)54-63-57(60)51-48-45-42-39-36-33-31-26-23-20-17-14-11-8-5-2/h55H,4-54H2,1-3H3/t55-/m0/s1. The van der Waals surface area contributed by atoms with E-state index < -0.39 is 6.10 Å². The molecule has 380 valence electrons. The predicted octanol–water partition coefficient (Wildman–Crippen LogP) is 19.2. The summed E-state index contributed by atoms with van der Waals surface area (Å²) < 4.78 is 16.9. The monoisotopic (exact) mass is 905 g/mol. The molecule has 0 saturated carbocycles. The van der Waals surface area contributed by atoms with Crippen molar-refractivity contribution in [3.8, 4) is 0 Å². The molecule has 0 aromatic rings. The molecule has 64 heavy (non-hydrogen) atoms. The molecule has 1 atom stereocenters. The Balaban J connectivity index is 4.26. The average molecular weight is 906 g/mol. The van der Waals surface area contributed by atoms with Crippen molar-refractivity contribution in [2.24, 2.45) is 0 Å². The quantitative estimate of drug-likeness (QED) is 0.0344. The van der Waals surface area contributed by atoms with Crippen LogP contribution in [0.2, 0.25) is 0 Å². The summed E-state index contributed by atoms with van der Waals surface area (Å²) in [4.78, 5) is 38.1. The highest BCUT2D eigenvalue weighted by Gasteiger charge is 2.19. The van der Waals surface area contributed by atoms with E-state index in [4.69, 9.17) is 14.2 Å². The molecule has 0 radical (unpaired) electrons. The minimum atomic E-state index is -0.760. The lowest BCUT2D eigenvalue weighted by Gasteiger charge is -2.18. The van der Waals surface area contributed by atoms with Gasteiger partial charge in [-0.25, -0.2) is 0 Å². The third-order valence-electron chi connectivity index (χ3n) is 13.4. The summed E-state index contributed by atoms with van der Waals surface area (Å²) >= 11 is 0. The van der Waals surface area contributed by atoms with Gasteiger partial charge in [-0.3, -0.25) is 14.4 Å². The van der Waals surface area contributed by atoms with Crippen molar-refractivity contribution >= 4 is 17.9 Å². The molecule has 0 heterocycles. The molecular weight excluding hydrogens is 793 g/mol. The fraction of sp³-hybridized carbons (Fsp3) is 0.948. The number of carbonyl (C=O) groups is 3. The van der Waals surface area contributed by atoms with Crippen molar-refractivity contribution in [3.63, 3.8) is 0 Å². The smallest absolute Gasteiger partial charge is 0.306 e. The second kappa shape index (κ2) is 54.0. The molecule has 6 heteroatoms. The Kier molecular flexibility index (Phi) is 52.7. The maximum Gasteiger partial charge on any atom is 0.306 e. The van der Waals surface area contributed by atoms with Crippen LogP contribution in [0.5, 0.6) is 0 Å². The Morgan fingerprint density at radius 2 is 0.422 bits per heavy atom. The van der Waals surface area contributed by atoms with Crippen LogP contribution in [0.3, 0.4) is 0 Å². The number of unbranched alkanes of at least 4 members (excludes halogenated alkanes) is 43. The number of ether oxygens (including phenoxy) is 3. The van der Waals surface area contributed by atoms with Crippen LogP contribution in [0.4, 0.5) is 0 Å². The molecule has 0 aromatic heterocycles. The van der Waals surface area contributed by atoms with E-state index in [1.165, 1.54) is 238 Å². The summed E-state index contributed by atoms with van der Waals surface area (Å²) in [5, 5.41) is 0. The van der Waals surface area contributed by atoms with Crippen LogP contribution in [-0.4, -0.2) is 37.2 Å². The number of rotatable bonds is 54. The molecule has 0 aliphatic rings. The van der Waals surface area contributed by atoms with Crippen LogP contribution in [0.15, 0.2) is 0 Å². The van der Waals surface area contributed by atoms with Gasteiger partial charge in [-0.2, -0.15) is 0 Å². The molecule has 0 amide bonds. The first-order valence-electron chi connectivity index (χ1n) is 29.0. The molecular formula is C58H112O6. The van der Waals surface area contributed by atoms with Crippen molar-refractivity contribution in [1.29, 1.82) is 0 Å². The van der Waals surface area contributed by atoms with Crippen LogP contribution in [-0.2, 0) is 28.6 Å². The second-order valence-corrected chi connectivity index (χ2v) is 19.9. The summed E-state index contributed by atoms with van der Waals surface area (Å²) in [5.74, 6) is -0.833. The van der Waals surface area contributed by atoms with Crippen molar-refractivity contribution in [2.45, 2.75) is 341 Å². The first-order valence-corrected chi connectivity index (χ1v) is 29.0. The highest BCUT2D eigenvalue weighted by Crippen LogP contribution is 2.18. The molecule has 0 aromatic carbocycles. The summed E-state index contributed by atoms with van der Waals surface area (Å²) in [7, 11) is 0. The SMILES string of the molecule is CCCCCCCCCCCCCCCCCCCCCC(=O)O[C@@H](COC(=O)CCCCCCCCCCCCCC)COC(=O)CCCCCCCCCCCCCCCCC. The van der Waals surface area contributed by atoms with E-state index in [0.717, 1.165) is 57.8 Å². The van der Waals surface area contributed by atoms with Crippen LogP contribution in [0.25, 0.3) is 0 Å². The van der Waals surface area contributed by atoms with Gasteiger partial charge in [0.15, 0.2) is 6.10 Å². The summed E-state index contributed by atoms with van der Waals surface area (Å²) in [5.41, 5.74) is 0. The Bertz CT molecular complexity index is 951. The van der Waals surface area contributed by atoms with Gasteiger partial charge >= 0.3 is 17.9 Å². The number of carbonyl (C=O) groups excluding carboxylic acids is 3. The van der Waals surface area contributed by atoms with Crippen LogP contribution < -0.4 is 0 Å². The Morgan fingerprint density at radius 1 is 0.250 bits per heavy atom. The largest absolute Gasteiger partial charge is 0.462 e. The molecule has 0 bridgehead atoms. The zero-order valence-corrected chi connectivity index (χ0v) is 43.6. The molecule has 0 fully saturated rings. The molecule has 0 unspecified atom stereocenters. The first kappa shape index (κ1) is 62.4. The van der Waals surface area contributed by atoms with Gasteiger partial charge < -0.3 is 14.2 Å². The Hall–Kier alpha value is -1.59. The third-order valence-corrected chi connectivity index (χ3v) is 13.4. The van der Waals surface area contributed by atoms with E-state index in [0.29, 0.717) is 19.3 Å². The van der Waals surface area contributed by atoms with Gasteiger partial charge in [0.05, 0.1) is 0 Å². The highest BCUT2D eigenvalue weighted by atomic mass is 16.6. The maximum atomic E-state index is 12.8. The molecule has 0 N–H and O–H groups in total. The topological polar surface area (TPSA) is 78.9 Å².